The van der Waals surface area contributed by atoms with Crippen LogP contribution in [0.1, 0.15) is 5.69 Å². The van der Waals surface area contributed by atoms with Crippen LogP contribution in [-0.2, 0) is 0 Å². The number of aryl methyl sites for hydroxylation is 1. The molecule has 2 aromatic rings. The van der Waals surface area contributed by atoms with E-state index >= 15 is 0 Å². The van der Waals surface area contributed by atoms with E-state index in [0.29, 0.717) is 0 Å². The molecule has 13 heavy (non-hydrogen) atoms. The summed E-state index contributed by atoms with van der Waals surface area (Å²) < 4.78 is 5.54. The maximum Gasteiger partial charge on any atom is 0.197 e. The fraction of sp³-hybridized carbons (Fsp3) is 0.0909. The molecular formula is C11H11NO. The van der Waals surface area contributed by atoms with Gasteiger partial charge in [0.2, 0.25) is 0 Å². The van der Waals surface area contributed by atoms with Gasteiger partial charge >= 0.3 is 0 Å². The molecule has 0 aliphatic heterocycles. The first-order chi connectivity index (χ1) is 6.34. The van der Waals surface area contributed by atoms with Crippen molar-refractivity contribution in [3.05, 3.63) is 48.2 Å². The second-order valence-electron chi connectivity index (χ2n) is 2.92. The fourth-order valence-electron chi connectivity index (χ4n) is 1.15. The van der Waals surface area contributed by atoms with Crippen LogP contribution in [0.4, 0.5) is 0 Å². The monoisotopic (exact) mass is 173 g/mol. The predicted octanol–water partition coefficient (Wildman–Crippen LogP) is 3.12. The summed E-state index contributed by atoms with van der Waals surface area (Å²) in [5, 5.41) is 0. The number of benzene rings is 1. The Hall–Kier alpha value is -1.70. The average molecular weight is 173 g/mol. The molecule has 0 amide bonds. The Bertz CT molecular complexity index is 378. The summed E-state index contributed by atoms with van der Waals surface area (Å²) in [6.07, 6.45) is 0. The Kier molecular flexibility index (Phi) is 2.04. The van der Waals surface area contributed by atoms with Crippen molar-refractivity contribution < 1.29 is 4.74 Å². The largest absolute Gasteiger partial charge is 0.441 e. The molecule has 0 aliphatic rings. The van der Waals surface area contributed by atoms with Gasteiger partial charge in [-0.1, -0.05) is 18.2 Å². The molecule has 0 spiro atoms. The molecule has 1 aromatic carbocycles. The van der Waals surface area contributed by atoms with Crippen LogP contribution in [0, 0.1) is 6.92 Å². The van der Waals surface area contributed by atoms with E-state index in [9.17, 15) is 0 Å². The first-order valence-corrected chi connectivity index (χ1v) is 4.23. The Morgan fingerprint density at radius 2 is 1.77 bits per heavy atom. The van der Waals surface area contributed by atoms with Crippen molar-refractivity contribution in [3.8, 4) is 11.6 Å². The second-order valence-corrected chi connectivity index (χ2v) is 2.92. The van der Waals surface area contributed by atoms with Crippen molar-refractivity contribution in [2.75, 3.05) is 0 Å². The highest BCUT2D eigenvalue weighted by molar-refractivity contribution is 5.27. The summed E-state index contributed by atoms with van der Waals surface area (Å²) in [6.45, 7) is 2.00. The molecule has 0 saturated heterocycles. The van der Waals surface area contributed by atoms with Crippen molar-refractivity contribution in [1.29, 1.82) is 0 Å². The normalized spacial score (nSPS) is 9.92. The Morgan fingerprint density at radius 1 is 1.00 bits per heavy atom. The summed E-state index contributed by atoms with van der Waals surface area (Å²) in [7, 11) is 0. The number of hydrogen-bond donors (Lipinski definition) is 1. The third-order valence-electron chi connectivity index (χ3n) is 1.78. The van der Waals surface area contributed by atoms with Crippen molar-refractivity contribution >= 4 is 0 Å². The lowest BCUT2D eigenvalue weighted by Crippen LogP contribution is -1.82. The van der Waals surface area contributed by atoms with Gasteiger partial charge in [0.1, 0.15) is 5.75 Å². The third-order valence-corrected chi connectivity index (χ3v) is 1.78. The third kappa shape index (κ3) is 1.90. The van der Waals surface area contributed by atoms with Gasteiger partial charge < -0.3 is 9.72 Å². The van der Waals surface area contributed by atoms with Gasteiger partial charge in [0.25, 0.3) is 0 Å². The van der Waals surface area contributed by atoms with Crippen LogP contribution < -0.4 is 4.74 Å². The maximum atomic E-state index is 5.54. The van der Waals surface area contributed by atoms with Crippen LogP contribution >= 0.6 is 0 Å². The zero-order valence-electron chi connectivity index (χ0n) is 7.45. The quantitative estimate of drug-likeness (QED) is 0.741. The molecular weight excluding hydrogens is 162 g/mol. The highest BCUT2D eigenvalue weighted by atomic mass is 16.5. The van der Waals surface area contributed by atoms with Crippen LogP contribution in [0.5, 0.6) is 11.6 Å². The molecule has 0 atom stereocenters. The van der Waals surface area contributed by atoms with E-state index in [-0.39, 0.29) is 0 Å². The van der Waals surface area contributed by atoms with Gasteiger partial charge in [-0.3, -0.25) is 0 Å². The summed E-state index contributed by atoms with van der Waals surface area (Å²) in [6, 6.07) is 13.6. The van der Waals surface area contributed by atoms with E-state index in [0.717, 1.165) is 17.3 Å². The summed E-state index contributed by atoms with van der Waals surface area (Å²) in [5.41, 5.74) is 1.10. The highest BCUT2D eigenvalue weighted by Gasteiger charge is 1.96. The Morgan fingerprint density at radius 3 is 2.38 bits per heavy atom. The summed E-state index contributed by atoms with van der Waals surface area (Å²) in [5.74, 6) is 1.63. The van der Waals surface area contributed by atoms with Crippen molar-refractivity contribution in [3.63, 3.8) is 0 Å². The standard InChI is InChI=1S/C11H11NO/c1-9-7-8-11(12-9)13-10-5-3-2-4-6-10/h2-8,12H,1H3. The van der Waals surface area contributed by atoms with Gasteiger partial charge in [0, 0.05) is 11.8 Å². The van der Waals surface area contributed by atoms with Crippen molar-refractivity contribution in [2.24, 2.45) is 0 Å². The highest BCUT2D eigenvalue weighted by Crippen LogP contribution is 2.19. The number of aromatic nitrogens is 1. The molecule has 1 aromatic heterocycles. The van der Waals surface area contributed by atoms with Crippen LogP contribution in [0.2, 0.25) is 0 Å². The molecule has 2 nitrogen and oxygen atoms in total. The van der Waals surface area contributed by atoms with Crippen LogP contribution in [0.25, 0.3) is 0 Å². The summed E-state index contributed by atoms with van der Waals surface area (Å²) in [4.78, 5) is 3.10. The molecule has 1 N–H and O–H groups in total. The van der Waals surface area contributed by atoms with Gasteiger partial charge in [-0.2, -0.15) is 0 Å². The minimum Gasteiger partial charge on any atom is -0.441 e. The molecule has 2 heteroatoms. The first kappa shape index (κ1) is 7.92. The molecule has 0 saturated carbocycles. The molecule has 0 radical (unpaired) electrons. The lowest BCUT2D eigenvalue weighted by atomic mass is 10.3. The zero-order chi connectivity index (χ0) is 9.10. The van der Waals surface area contributed by atoms with Crippen LogP contribution in [0.15, 0.2) is 42.5 Å². The Balaban J connectivity index is 2.15. The second kappa shape index (κ2) is 3.35. The minimum absolute atomic E-state index is 0.781. The van der Waals surface area contributed by atoms with Gasteiger partial charge in [-0.05, 0) is 25.1 Å². The smallest absolute Gasteiger partial charge is 0.197 e. The van der Waals surface area contributed by atoms with Gasteiger partial charge in [-0.25, -0.2) is 0 Å². The van der Waals surface area contributed by atoms with Gasteiger partial charge in [0.05, 0.1) is 0 Å². The zero-order valence-corrected chi connectivity index (χ0v) is 7.45. The van der Waals surface area contributed by atoms with Crippen LogP contribution in [-0.4, -0.2) is 4.98 Å². The van der Waals surface area contributed by atoms with Crippen molar-refractivity contribution in [2.45, 2.75) is 6.92 Å². The average Bonchev–Trinajstić information content (AvgIpc) is 2.53. The number of hydrogen-bond acceptors (Lipinski definition) is 1. The SMILES string of the molecule is Cc1ccc(Oc2ccccc2)[nH]1. The van der Waals surface area contributed by atoms with E-state index < -0.39 is 0 Å². The predicted molar refractivity (Wildman–Crippen MR) is 52.0 cm³/mol. The molecule has 1 heterocycles. The fourth-order valence-corrected chi connectivity index (χ4v) is 1.15. The lowest BCUT2D eigenvalue weighted by Gasteiger charge is -2.01. The number of aromatic amines is 1. The number of ether oxygens (including phenoxy) is 1. The van der Waals surface area contributed by atoms with Crippen LogP contribution in [0.3, 0.4) is 0 Å². The minimum atomic E-state index is 0.781. The van der Waals surface area contributed by atoms with Gasteiger partial charge in [-0.15, -0.1) is 0 Å². The topological polar surface area (TPSA) is 25.0 Å². The number of H-pyrrole nitrogens is 1. The number of para-hydroxylation sites is 1. The van der Waals surface area contributed by atoms with Gasteiger partial charge in [0.15, 0.2) is 5.88 Å². The molecule has 0 aliphatic carbocycles. The summed E-state index contributed by atoms with van der Waals surface area (Å²) >= 11 is 0. The van der Waals surface area contributed by atoms with E-state index in [1.54, 1.807) is 0 Å². The van der Waals surface area contributed by atoms with E-state index in [2.05, 4.69) is 4.98 Å². The molecule has 66 valence electrons. The van der Waals surface area contributed by atoms with Crippen molar-refractivity contribution in [1.82, 2.24) is 4.98 Å². The maximum absolute atomic E-state index is 5.54. The van der Waals surface area contributed by atoms with E-state index in [4.69, 9.17) is 4.74 Å². The molecule has 0 unspecified atom stereocenters. The number of nitrogens with one attached hydrogen (secondary N) is 1. The lowest BCUT2D eigenvalue weighted by molar-refractivity contribution is 0.465. The van der Waals surface area contributed by atoms with E-state index in [1.807, 2.05) is 49.4 Å². The van der Waals surface area contributed by atoms with E-state index in [1.165, 1.54) is 0 Å². The first-order valence-electron chi connectivity index (χ1n) is 4.23. The Labute approximate surface area is 77.2 Å². The molecule has 0 bridgehead atoms. The molecule has 0 fully saturated rings. The number of rotatable bonds is 2. The molecule has 2 rings (SSSR count).